The van der Waals surface area contributed by atoms with Crippen molar-refractivity contribution in [3.8, 4) is 6.07 Å². The van der Waals surface area contributed by atoms with E-state index in [9.17, 15) is 17.2 Å². The Balaban J connectivity index is 3.08. The molecular weight excluding hydrogens is 300 g/mol. The maximum Gasteiger partial charge on any atom is 0.273 e. The second-order valence-electron chi connectivity index (χ2n) is 3.64. The van der Waals surface area contributed by atoms with Crippen molar-refractivity contribution in [3.63, 3.8) is 0 Å². The Morgan fingerprint density at radius 2 is 2.11 bits per heavy atom. The molecule has 0 aliphatic rings. The van der Waals surface area contributed by atoms with E-state index >= 15 is 0 Å². The molecule has 0 aromatic heterocycles. The van der Waals surface area contributed by atoms with Crippen molar-refractivity contribution < 1.29 is 17.2 Å². The highest BCUT2D eigenvalue weighted by Crippen LogP contribution is 2.21. The molecule has 1 rings (SSSR count). The van der Waals surface area contributed by atoms with E-state index in [2.05, 4.69) is 0 Å². The highest BCUT2D eigenvalue weighted by molar-refractivity contribution is 7.89. The maximum absolute atomic E-state index is 12.9. The van der Waals surface area contributed by atoms with Crippen molar-refractivity contribution in [2.75, 3.05) is 13.1 Å². The Bertz CT molecular complexity index is 614. The van der Waals surface area contributed by atoms with Crippen LogP contribution in [-0.2, 0) is 10.0 Å². The third-order valence-electron chi connectivity index (χ3n) is 2.17. The van der Waals surface area contributed by atoms with E-state index in [0.29, 0.717) is 0 Å². The first-order valence-electron chi connectivity index (χ1n) is 4.99. The van der Waals surface area contributed by atoms with Crippen LogP contribution in [0.2, 0.25) is 5.02 Å². The number of nitrogens with zero attached hydrogens (tertiary/aromatic N) is 1. The molecule has 0 unspecified atom stereocenters. The minimum atomic E-state index is -4.26. The van der Waals surface area contributed by atoms with Crippen molar-refractivity contribution in [2.45, 2.75) is 10.8 Å². The van der Waals surface area contributed by atoms with E-state index in [1.807, 2.05) is 0 Å². The number of sulfonamides is 1. The molecule has 0 atom stereocenters. The molecule has 5 nitrogen and oxygen atoms in total. The van der Waals surface area contributed by atoms with Gasteiger partial charge in [-0.1, -0.05) is 11.6 Å². The molecule has 104 valence electrons. The maximum atomic E-state index is 12.9. The van der Waals surface area contributed by atoms with Gasteiger partial charge in [0.25, 0.3) is 5.92 Å². The summed E-state index contributed by atoms with van der Waals surface area (Å²) in [5.74, 6) is -3.36. The third-order valence-corrected chi connectivity index (χ3v) is 3.85. The van der Waals surface area contributed by atoms with Gasteiger partial charge in [0.05, 0.1) is 18.7 Å². The van der Waals surface area contributed by atoms with Gasteiger partial charge in [0, 0.05) is 5.02 Å². The standard InChI is InChI=1S/C10H10ClF2N3O2S/c11-8-2-1-7(4-14)9(3-8)19(17,18)16-6-10(12,13)5-15/h1-3,16H,5-6,15H2. The lowest BCUT2D eigenvalue weighted by molar-refractivity contribution is 0.0170. The number of halogens is 3. The van der Waals surface area contributed by atoms with Gasteiger partial charge in [-0.2, -0.15) is 5.26 Å². The number of rotatable bonds is 5. The number of nitrogens with one attached hydrogen (secondary N) is 1. The fraction of sp³-hybridized carbons (Fsp3) is 0.300. The van der Waals surface area contributed by atoms with E-state index in [4.69, 9.17) is 22.6 Å². The van der Waals surface area contributed by atoms with Gasteiger partial charge < -0.3 is 5.73 Å². The van der Waals surface area contributed by atoms with Crippen LogP contribution in [0.25, 0.3) is 0 Å². The average molecular weight is 310 g/mol. The van der Waals surface area contributed by atoms with Crippen molar-refractivity contribution in [2.24, 2.45) is 5.73 Å². The summed E-state index contributed by atoms with van der Waals surface area (Å²) < 4.78 is 51.2. The molecule has 1 aromatic carbocycles. The van der Waals surface area contributed by atoms with Gasteiger partial charge in [-0.05, 0) is 18.2 Å². The molecular formula is C10H10ClF2N3O2S. The Kier molecular flexibility index (Phi) is 4.81. The molecule has 0 aliphatic heterocycles. The van der Waals surface area contributed by atoms with Gasteiger partial charge >= 0.3 is 0 Å². The highest BCUT2D eigenvalue weighted by atomic mass is 35.5. The minimum Gasteiger partial charge on any atom is -0.325 e. The zero-order chi connectivity index (χ0) is 14.7. The Labute approximate surface area is 114 Å². The fourth-order valence-corrected chi connectivity index (χ4v) is 2.64. The first-order chi connectivity index (χ1) is 8.72. The molecule has 0 heterocycles. The Morgan fingerprint density at radius 3 is 2.63 bits per heavy atom. The summed E-state index contributed by atoms with van der Waals surface area (Å²) in [6.07, 6.45) is 0. The molecule has 0 spiro atoms. The van der Waals surface area contributed by atoms with Crippen LogP contribution >= 0.6 is 11.6 Å². The van der Waals surface area contributed by atoms with Gasteiger partial charge in [-0.25, -0.2) is 21.9 Å². The van der Waals surface area contributed by atoms with Crippen LogP contribution in [0.15, 0.2) is 23.1 Å². The van der Waals surface area contributed by atoms with E-state index in [-0.39, 0.29) is 10.6 Å². The number of hydrogen-bond acceptors (Lipinski definition) is 4. The topological polar surface area (TPSA) is 96.0 Å². The quantitative estimate of drug-likeness (QED) is 0.850. The summed E-state index contributed by atoms with van der Waals surface area (Å²) in [6.45, 7) is -2.14. The predicted molar refractivity (Wildman–Crippen MR) is 65.4 cm³/mol. The smallest absolute Gasteiger partial charge is 0.273 e. The number of alkyl halides is 2. The van der Waals surface area contributed by atoms with Crippen LogP contribution in [-0.4, -0.2) is 27.4 Å². The summed E-state index contributed by atoms with van der Waals surface area (Å²) >= 11 is 5.63. The molecule has 9 heteroatoms. The van der Waals surface area contributed by atoms with Crippen LogP contribution in [0.5, 0.6) is 0 Å². The molecule has 0 bridgehead atoms. The van der Waals surface area contributed by atoms with Gasteiger partial charge in [0.15, 0.2) is 0 Å². The third kappa shape index (κ3) is 4.11. The van der Waals surface area contributed by atoms with E-state index < -0.39 is 33.9 Å². The van der Waals surface area contributed by atoms with Crippen molar-refractivity contribution >= 4 is 21.6 Å². The summed E-state index contributed by atoms with van der Waals surface area (Å²) in [5, 5.41) is 8.87. The van der Waals surface area contributed by atoms with E-state index in [1.165, 1.54) is 12.1 Å². The molecule has 1 aromatic rings. The zero-order valence-electron chi connectivity index (χ0n) is 9.53. The summed E-state index contributed by atoms with van der Waals surface area (Å²) in [6, 6.07) is 5.19. The molecule has 0 aliphatic carbocycles. The fourth-order valence-electron chi connectivity index (χ4n) is 1.16. The second-order valence-corrected chi connectivity index (χ2v) is 5.81. The van der Waals surface area contributed by atoms with Gasteiger partial charge in [0.1, 0.15) is 11.0 Å². The number of hydrogen-bond donors (Lipinski definition) is 2. The lowest BCUT2D eigenvalue weighted by Crippen LogP contribution is -2.41. The SMILES string of the molecule is N#Cc1ccc(Cl)cc1S(=O)(=O)NCC(F)(F)CN. The van der Waals surface area contributed by atoms with Gasteiger partial charge in [0.2, 0.25) is 10.0 Å². The molecule has 0 saturated carbocycles. The van der Waals surface area contributed by atoms with Crippen molar-refractivity contribution in [1.29, 1.82) is 5.26 Å². The Hall–Kier alpha value is -1.27. The molecule has 0 amide bonds. The Morgan fingerprint density at radius 1 is 1.47 bits per heavy atom. The summed E-state index contributed by atoms with van der Waals surface area (Å²) in [7, 11) is -4.26. The monoisotopic (exact) mass is 309 g/mol. The lowest BCUT2D eigenvalue weighted by Gasteiger charge is -2.15. The van der Waals surface area contributed by atoms with Gasteiger partial charge in [-0.3, -0.25) is 0 Å². The molecule has 0 saturated heterocycles. The van der Waals surface area contributed by atoms with Crippen LogP contribution < -0.4 is 10.5 Å². The molecule has 3 N–H and O–H groups in total. The van der Waals surface area contributed by atoms with E-state index in [0.717, 1.165) is 6.07 Å². The number of benzene rings is 1. The molecule has 0 fully saturated rings. The summed E-state index contributed by atoms with van der Waals surface area (Å²) in [4.78, 5) is -0.449. The summed E-state index contributed by atoms with van der Waals surface area (Å²) in [5.41, 5.74) is 4.61. The predicted octanol–water partition coefficient (Wildman–Crippen LogP) is 1.08. The van der Waals surface area contributed by atoms with Crippen LogP contribution in [0.3, 0.4) is 0 Å². The van der Waals surface area contributed by atoms with Crippen LogP contribution in [0.4, 0.5) is 8.78 Å². The zero-order valence-corrected chi connectivity index (χ0v) is 11.1. The van der Waals surface area contributed by atoms with Crippen molar-refractivity contribution in [3.05, 3.63) is 28.8 Å². The van der Waals surface area contributed by atoms with Crippen LogP contribution in [0.1, 0.15) is 5.56 Å². The van der Waals surface area contributed by atoms with Gasteiger partial charge in [-0.15, -0.1) is 0 Å². The number of nitrogens with two attached hydrogens (primary N) is 1. The highest BCUT2D eigenvalue weighted by Gasteiger charge is 2.30. The second kappa shape index (κ2) is 5.79. The first kappa shape index (κ1) is 15.8. The largest absolute Gasteiger partial charge is 0.325 e. The minimum absolute atomic E-state index is 0.0740. The first-order valence-corrected chi connectivity index (χ1v) is 6.85. The van der Waals surface area contributed by atoms with Crippen LogP contribution in [0, 0.1) is 11.3 Å². The molecule has 0 radical (unpaired) electrons. The number of nitriles is 1. The van der Waals surface area contributed by atoms with Crippen molar-refractivity contribution in [1.82, 2.24) is 4.72 Å². The van der Waals surface area contributed by atoms with E-state index in [1.54, 1.807) is 10.8 Å². The normalized spacial score (nSPS) is 12.2. The molecule has 19 heavy (non-hydrogen) atoms. The lowest BCUT2D eigenvalue weighted by atomic mass is 10.2. The average Bonchev–Trinajstić information content (AvgIpc) is 2.37.